The van der Waals surface area contributed by atoms with Crippen molar-refractivity contribution in [1.82, 2.24) is 0 Å². The molecule has 0 saturated heterocycles. The van der Waals surface area contributed by atoms with Gasteiger partial charge in [0.05, 0.1) is 0 Å². The second-order valence-corrected chi connectivity index (χ2v) is 3.30. The van der Waals surface area contributed by atoms with Crippen LogP contribution in [0.3, 0.4) is 0 Å². The summed E-state index contributed by atoms with van der Waals surface area (Å²) in [6.45, 7) is 4.00. The molecule has 0 aliphatic rings. The van der Waals surface area contributed by atoms with Gasteiger partial charge in [0.15, 0.2) is 11.5 Å². The van der Waals surface area contributed by atoms with Gasteiger partial charge >= 0.3 is 0 Å². The van der Waals surface area contributed by atoms with Gasteiger partial charge in [-0.25, -0.2) is 0 Å². The Morgan fingerprint density at radius 3 is 1.17 bits per heavy atom. The standard InChI is InChI=1S/C12H12N2O2.C2H6/c13-9-1-5-11(6-2-9)15-16-12-7-3-10(14)4-8-12;1-2/h1-8H,13-14H2;1-2H3. The van der Waals surface area contributed by atoms with Crippen LogP contribution >= 0.6 is 0 Å². The van der Waals surface area contributed by atoms with E-state index in [2.05, 4.69) is 0 Å². The SMILES string of the molecule is CC.Nc1ccc(OOc2ccc(N)cc2)cc1. The quantitative estimate of drug-likeness (QED) is 0.495. The summed E-state index contributed by atoms with van der Waals surface area (Å²) in [4.78, 5) is 10.2. The van der Waals surface area contributed by atoms with E-state index < -0.39 is 0 Å². The van der Waals surface area contributed by atoms with Crippen LogP contribution in [0, 0.1) is 0 Å². The van der Waals surface area contributed by atoms with Crippen LogP contribution in [-0.4, -0.2) is 0 Å². The third-order valence-electron chi connectivity index (χ3n) is 1.99. The first kappa shape index (κ1) is 13.7. The van der Waals surface area contributed by atoms with Crippen molar-refractivity contribution in [2.75, 3.05) is 11.5 Å². The lowest BCUT2D eigenvalue weighted by Crippen LogP contribution is -2.00. The third kappa shape index (κ3) is 4.25. The first-order chi connectivity index (χ1) is 8.74. The minimum Gasteiger partial charge on any atom is -0.399 e. The molecule has 2 aromatic carbocycles. The molecule has 4 N–H and O–H groups in total. The number of rotatable bonds is 3. The Balaban J connectivity index is 0.000000771. The van der Waals surface area contributed by atoms with Gasteiger partial charge in [0.1, 0.15) is 0 Å². The average molecular weight is 246 g/mol. The van der Waals surface area contributed by atoms with Crippen LogP contribution in [0.5, 0.6) is 11.5 Å². The topological polar surface area (TPSA) is 70.5 Å². The van der Waals surface area contributed by atoms with Crippen molar-refractivity contribution in [3.8, 4) is 11.5 Å². The van der Waals surface area contributed by atoms with E-state index in [1.54, 1.807) is 48.5 Å². The molecule has 0 atom stereocenters. The molecule has 4 heteroatoms. The van der Waals surface area contributed by atoms with Crippen molar-refractivity contribution in [2.24, 2.45) is 0 Å². The maximum absolute atomic E-state index is 5.54. The lowest BCUT2D eigenvalue weighted by molar-refractivity contribution is -0.0999. The highest BCUT2D eigenvalue weighted by Crippen LogP contribution is 2.17. The summed E-state index contributed by atoms with van der Waals surface area (Å²) in [5.41, 5.74) is 12.4. The van der Waals surface area contributed by atoms with Gasteiger partial charge in [-0.3, -0.25) is 9.78 Å². The van der Waals surface area contributed by atoms with Crippen molar-refractivity contribution in [3.05, 3.63) is 48.5 Å². The summed E-state index contributed by atoms with van der Waals surface area (Å²) in [5, 5.41) is 0. The van der Waals surface area contributed by atoms with Gasteiger partial charge in [-0.05, 0) is 48.5 Å². The zero-order chi connectivity index (χ0) is 13.4. The van der Waals surface area contributed by atoms with Gasteiger partial charge in [-0.15, -0.1) is 0 Å². The first-order valence-electron chi connectivity index (χ1n) is 5.79. The Labute approximate surface area is 107 Å². The molecule has 18 heavy (non-hydrogen) atoms. The second kappa shape index (κ2) is 7.06. The van der Waals surface area contributed by atoms with Gasteiger partial charge in [0.25, 0.3) is 0 Å². The summed E-state index contributed by atoms with van der Waals surface area (Å²) in [6.07, 6.45) is 0. The smallest absolute Gasteiger partial charge is 0.178 e. The van der Waals surface area contributed by atoms with E-state index in [1.807, 2.05) is 13.8 Å². The van der Waals surface area contributed by atoms with E-state index in [9.17, 15) is 0 Å². The van der Waals surface area contributed by atoms with Gasteiger partial charge in [0, 0.05) is 11.4 Å². The monoisotopic (exact) mass is 246 g/mol. The largest absolute Gasteiger partial charge is 0.399 e. The molecule has 0 unspecified atom stereocenters. The molecule has 0 aliphatic heterocycles. The molecule has 96 valence electrons. The fraction of sp³-hybridized carbons (Fsp3) is 0.143. The summed E-state index contributed by atoms with van der Waals surface area (Å²) >= 11 is 0. The molecule has 0 fully saturated rings. The van der Waals surface area contributed by atoms with Crippen LogP contribution in [-0.2, 0) is 0 Å². The van der Waals surface area contributed by atoms with Gasteiger partial charge < -0.3 is 11.5 Å². The number of anilines is 2. The van der Waals surface area contributed by atoms with E-state index in [0.29, 0.717) is 22.9 Å². The first-order valence-corrected chi connectivity index (χ1v) is 5.79. The molecule has 0 radical (unpaired) electrons. The molecule has 0 spiro atoms. The molecule has 2 rings (SSSR count). The summed E-state index contributed by atoms with van der Waals surface area (Å²) in [5.74, 6) is 1.18. The molecule has 0 aliphatic carbocycles. The minimum absolute atomic E-state index is 0.589. The van der Waals surface area contributed by atoms with Gasteiger partial charge in [-0.2, -0.15) is 0 Å². The highest BCUT2D eigenvalue weighted by Gasteiger charge is 1.97. The van der Waals surface area contributed by atoms with Crippen molar-refractivity contribution < 1.29 is 9.78 Å². The zero-order valence-electron chi connectivity index (χ0n) is 10.6. The average Bonchev–Trinajstić information content (AvgIpc) is 2.42. The van der Waals surface area contributed by atoms with Crippen LogP contribution in [0.15, 0.2) is 48.5 Å². The second-order valence-electron chi connectivity index (χ2n) is 3.30. The van der Waals surface area contributed by atoms with Crippen molar-refractivity contribution in [2.45, 2.75) is 13.8 Å². The lowest BCUT2D eigenvalue weighted by Gasteiger charge is -2.05. The van der Waals surface area contributed by atoms with Crippen molar-refractivity contribution in [1.29, 1.82) is 0 Å². The summed E-state index contributed by atoms with van der Waals surface area (Å²) < 4.78 is 0. The van der Waals surface area contributed by atoms with Crippen LogP contribution in [0.2, 0.25) is 0 Å². The van der Waals surface area contributed by atoms with E-state index in [-0.39, 0.29) is 0 Å². The maximum atomic E-state index is 5.54. The Bertz CT molecular complexity index is 407. The molecule has 0 aromatic heterocycles. The Hall–Kier alpha value is -2.36. The predicted octanol–water partition coefficient (Wildman–Crippen LogP) is 3.25. The van der Waals surface area contributed by atoms with Crippen LogP contribution < -0.4 is 21.2 Å². The molecule has 0 heterocycles. The maximum Gasteiger partial charge on any atom is 0.178 e. The summed E-state index contributed by atoms with van der Waals surface area (Å²) in [7, 11) is 0. The number of nitrogens with two attached hydrogens (primary N) is 2. The number of hydrogen-bond acceptors (Lipinski definition) is 4. The fourth-order valence-electron chi connectivity index (χ4n) is 1.14. The fourth-order valence-corrected chi connectivity index (χ4v) is 1.14. The van der Waals surface area contributed by atoms with E-state index in [0.717, 1.165) is 0 Å². The molecule has 2 aromatic rings. The summed E-state index contributed by atoms with van der Waals surface area (Å²) in [6, 6.07) is 13.9. The molecular weight excluding hydrogens is 228 g/mol. The van der Waals surface area contributed by atoms with Crippen molar-refractivity contribution >= 4 is 11.4 Å². The Morgan fingerprint density at radius 2 is 0.889 bits per heavy atom. The number of hydrogen-bond donors (Lipinski definition) is 2. The molecule has 0 amide bonds. The van der Waals surface area contributed by atoms with Gasteiger partial charge in [0.2, 0.25) is 0 Å². The van der Waals surface area contributed by atoms with Crippen molar-refractivity contribution in [3.63, 3.8) is 0 Å². The molecule has 0 saturated carbocycles. The van der Waals surface area contributed by atoms with Crippen LogP contribution in [0.4, 0.5) is 11.4 Å². The van der Waals surface area contributed by atoms with Crippen LogP contribution in [0.25, 0.3) is 0 Å². The molecular formula is C14H18N2O2. The zero-order valence-corrected chi connectivity index (χ0v) is 10.6. The van der Waals surface area contributed by atoms with E-state index >= 15 is 0 Å². The Morgan fingerprint density at radius 1 is 0.611 bits per heavy atom. The number of benzene rings is 2. The lowest BCUT2D eigenvalue weighted by atomic mass is 10.3. The third-order valence-corrected chi connectivity index (χ3v) is 1.99. The van der Waals surface area contributed by atoms with E-state index in [4.69, 9.17) is 21.2 Å². The molecule has 4 nitrogen and oxygen atoms in total. The van der Waals surface area contributed by atoms with E-state index in [1.165, 1.54) is 0 Å². The number of nitrogen functional groups attached to an aromatic ring is 2. The molecule has 0 bridgehead atoms. The minimum atomic E-state index is 0.589. The predicted molar refractivity (Wildman–Crippen MR) is 74.3 cm³/mol. The Kier molecular flexibility index (Phi) is 5.38. The van der Waals surface area contributed by atoms with Crippen LogP contribution in [0.1, 0.15) is 13.8 Å². The van der Waals surface area contributed by atoms with Gasteiger partial charge in [-0.1, -0.05) is 13.8 Å². The normalized spacial score (nSPS) is 9.00. The highest BCUT2D eigenvalue weighted by molar-refractivity contribution is 5.42. The highest BCUT2D eigenvalue weighted by atomic mass is 17.2.